The molecule has 0 saturated heterocycles. The zero-order valence-corrected chi connectivity index (χ0v) is 11.2. The second-order valence-electron chi connectivity index (χ2n) is 3.65. The van der Waals surface area contributed by atoms with Crippen molar-refractivity contribution in [2.75, 3.05) is 0 Å². The van der Waals surface area contributed by atoms with E-state index in [9.17, 15) is 9.59 Å². The van der Waals surface area contributed by atoms with Gasteiger partial charge >= 0.3 is 11.9 Å². The van der Waals surface area contributed by atoms with Gasteiger partial charge in [0.2, 0.25) is 0 Å². The maximum absolute atomic E-state index is 11.7. The van der Waals surface area contributed by atoms with Gasteiger partial charge in [-0.1, -0.05) is 0 Å². The van der Waals surface area contributed by atoms with Gasteiger partial charge in [0.15, 0.2) is 1.41 Å². The summed E-state index contributed by atoms with van der Waals surface area (Å²) in [5.74, 6) is -1.82. The largest absolute Gasteiger partial charge is 0.478 e. The smallest absolute Gasteiger partial charge is 0.357 e. The van der Waals surface area contributed by atoms with Crippen molar-refractivity contribution in [3.8, 4) is 11.4 Å². The van der Waals surface area contributed by atoms with Crippen molar-refractivity contribution in [2.24, 2.45) is 0 Å². The standard InChI is InChI=1S/C12H10N3O4P/c16-11(17)7-1-3-13-9(5-7)10-6-8(2-4-14-10)12(18)19-15-20/h1-6,15H,20H2,(H,16,17)/i/hD. The summed E-state index contributed by atoms with van der Waals surface area (Å²) in [6.45, 7) is 0. The number of nitrogens with zero attached hydrogens (tertiary/aromatic N) is 2. The van der Waals surface area contributed by atoms with Gasteiger partial charge in [-0.2, -0.15) is 0 Å². The van der Waals surface area contributed by atoms with Crippen LogP contribution < -0.4 is 5.24 Å². The molecule has 0 aliphatic carbocycles. The van der Waals surface area contributed by atoms with Gasteiger partial charge in [0.25, 0.3) is 0 Å². The number of rotatable bonds is 4. The molecule has 0 bridgehead atoms. The lowest BCUT2D eigenvalue weighted by Gasteiger charge is -2.04. The van der Waals surface area contributed by atoms with Crippen molar-refractivity contribution < 1.29 is 20.9 Å². The summed E-state index contributed by atoms with van der Waals surface area (Å²) in [6.07, 6.45) is 2.72. The molecule has 0 radical (unpaired) electrons. The van der Waals surface area contributed by atoms with Crippen LogP contribution >= 0.6 is 9.39 Å². The van der Waals surface area contributed by atoms with Crippen LogP contribution in [0.25, 0.3) is 11.4 Å². The molecule has 102 valence electrons. The first-order chi connectivity index (χ1) is 9.97. The second-order valence-corrected chi connectivity index (χ2v) is 3.86. The summed E-state index contributed by atoms with van der Waals surface area (Å²) < 4.78 is 7.01. The number of carbonyl (C=O) groups is 2. The normalized spacial score (nSPS) is 11.0. The van der Waals surface area contributed by atoms with E-state index >= 15 is 0 Å². The van der Waals surface area contributed by atoms with Gasteiger partial charge in [0.1, 0.15) is 0 Å². The van der Waals surface area contributed by atoms with Crippen LogP contribution in [-0.4, -0.2) is 27.0 Å². The predicted octanol–water partition coefficient (Wildman–Crippen LogP) is 1.29. The first-order valence-corrected chi connectivity index (χ1v) is 5.91. The second kappa shape index (κ2) is 6.18. The molecular formula is C12H10N3O4P. The average molecular weight is 292 g/mol. The maximum Gasteiger partial charge on any atom is 0.357 e. The number of carboxylic acid groups (broad SMARTS) is 1. The summed E-state index contributed by atoms with van der Waals surface area (Å²) in [4.78, 5) is 35.2. The first kappa shape index (κ1) is 12.7. The Morgan fingerprint density at radius 1 is 1.20 bits per heavy atom. The van der Waals surface area contributed by atoms with E-state index in [1.165, 1.54) is 36.7 Å². The molecule has 0 aliphatic heterocycles. The van der Waals surface area contributed by atoms with Crippen molar-refractivity contribution >= 4 is 21.3 Å². The van der Waals surface area contributed by atoms with E-state index in [4.69, 9.17) is 6.52 Å². The number of hydrogen-bond acceptors (Lipinski definition) is 6. The molecule has 8 heteroatoms. The Morgan fingerprint density at radius 3 is 2.30 bits per heavy atom. The lowest BCUT2D eigenvalue weighted by atomic mass is 10.1. The molecule has 2 aromatic heterocycles. The number of hydrogen-bond donors (Lipinski definition) is 2. The first-order valence-electron chi connectivity index (χ1n) is 5.84. The van der Waals surface area contributed by atoms with E-state index in [2.05, 4.69) is 14.8 Å². The fourth-order valence-electron chi connectivity index (χ4n) is 1.50. The number of aromatic nitrogens is 2. The Hall–Kier alpha value is -2.37. The average Bonchev–Trinajstić information content (AvgIpc) is 2.47. The molecule has 2 aromatic rings. The van der Waals surface area contributed by atoms with E-state index in [0.717, 1.165) is 0 Å². The van der Waals surface area contributed by atoms with E-state index in [-0.39, 0.29) is 11.1 Å². The van der Waals surface area contributed by atoms with Crippen molar-refractivity contribution in [1.29, 1.82) is 0 Å². The summed E-state index contributed by atoms with van der Waals surface area (Å²) in [7, 11) is 1.87. The van der Waals surface area contributed by atoms with Crippen LogP contribution in [0, 0.1) is 0 Å². The number of nitrogens with one attached hydrogen (secondary N) is 1. The highest BCUT2D eigenvalue weighted by atomic mass is 31.0. The molecule has 2 heterocycles. The number of carbonyl (C=O) groups excluding carboxylic acids is 1. The molecule has 0 spiro atoms. The molecule has 20 heavy (non-hydrogen) atoms. The summed E-state index contributed by atoms with van der Waals surface area (Å²) >= 11 is 0. The number of carboxylic acids is 1. The highest BCUT2D eigenvalue weighted by Crippen LogP contribution is 2.17. The van der Waals surface area contributed by atoms with Crippen LogP contribution in [0.1, 0.15) is 20.7 Å². The molecule has 1 atom stereocenters. The molecule has 2 rings (SSSR count). The van der Waals surface area contributed by atoms with Crippen molar-refractivity contribution in [2.45, 2.75) is 0 Å². The molecule has 0 aromatic carbocycles. The van der Waals surface area contributed by atoms with Crippen LogP contribution in [0.2, 0.25) is 1.41 Å². The quantitative estimate of drug-likeness (QED) is 0.646. The van der Waals surface area contributed by atoms with Crippen LogP contribution in [0.3, 0.4) is 0 Å². The third kappa shape index (κ3) is 3.14. The van der Waals surface area contributed by atoms with E-state index in [1.807, 2.05) is 9.39 Å². The molecule has 0 amide bonds. The molecule has 7 nitrogen and oxygen atoms in total. The van der Waals surface area contributed by atoms with E-state index < -0.39 is 11.9 Å². The molecule has 0 saturated carbocycles. The van der Waals surface area contributed by atoms with Gasteiger partial charge in [0.05, 0.1) is 22.5 Å². The van der Waals surface area contributed by atoms with Crippen LogP contribution in [0.4, 0.5) is 0 Å². The minimum Gasteiger partial charge on any atom is -0.478 e. The fraction of sp³-hybridized carbons (Fsp3) is 0. The lowest BCUT2D eigenvalue weighted by molar-refractivity contribution is 0.0424. The van der Waals surface area contributed by atoms with Gasteiger partial charge in [0, 0.05) is 12.4 Å². The van der Waals surface area contributed by atoms with Gasteiger partial charge in [-0.25, -0.2) is 9.59 Å². The van der Waals surface area contributed by atoms with Crippen molar-refractivity contribution in [3.05, 3.63) is 47.8 Å². The van der Waals surface area contributed by atoms with Crippen LogP contribution in [0.5, 0.6) is 0 Å². The van der Waals surface area contributed by atoms with E-state index in [1.54, 1.807) is 0 Å². The van der Waals surface area contributed by atoms with Crippen molar-refractivity contribution in [1.82, 2.24) is 15.2 Å². The third-order valence-corrected chi connectivity index (χ3v) is 2.51. The fourth-order valence-corrected chi connectivity index (χ4v) is 1.60. The van der Waals surface area contributed by atoms with Crippen molar-refractivity contribution in [3.63, 3.8) is 0 Å². The topological polar surface area (TPSA) is 101 Å². The summed E-state index contributed by atoms with van der Waals surface area (Å²) in [6, 6.07) is 5.54. The lowest BCUT2D eigenvalue weighted by Crippen LogP contribution is -2.10. The summed E-state index contributed by atoms with van der Waals surface area (Å²) in [5, 5.41) is 9.40. The highest BCUT2D eigenvalue weighted by molar-refractivity contribution is 7.13. The molecule has 0 fully saturated rings. The Labute approximate surface area is 117 Å². The minimum atomic E-state index is -1.08. The molecule has 2 N–H and O–H groups in total. The maximum atomic E-state index is 11.7. The highest BCUT2D eigenvalue weighted by Gasteiger charge is 2.11. The van der Waals surface area contributed by atoms with Crippen LogP contribution in [0.15, 0.2) is 36.7 Å². The van der Waals surface area contributed by atoms with Gasteiger partial charge in [-0.3, -0.25) is 9.97 Å². The number of aromatic carboxylic acids is 1. The molecular weight excluding hydrogens is 281 g/mol. The van der Waals surface area contributed by atoms with Gasteiger partial charge in [-0.05, 0) is 33.7 Å². The van der Waals surface area contributed by atoms with Gasteiger partial charge < -0.3 is 9.94 Å². The Balaban J connectivity index is 2.35. The predicted molar refractivity (Wildman–Crippen MR) is 72.7 cm³/mol. The Bertz CT molecular complexity index is 696. The Kier molecular flexibility index (Phi) is 3.91. The molecule has 0 aliphatic rings. The zero-order chi connectivity index (χ0) is 15.4. The van der Waals surface area contributed by atoms with Crippen LogP contribution in [-0.2, 0) is 4.84 Å². The zero-order valence-electron chi connectivity index (χ0n) is 11.1. The SMILES string of the molecule is [2H]N(P)OC(=O)c1ccnc(-c2cc(C(=O)O)ccn2)c1. The number of pyridine rings is 2. The molecule has 1 unspecified atom stereocenters. The van der Waals surface area contributed by atoms with E-state index in [0.29, 0.717) is 16.6 Å². The monoisotopic (exact) mass is 292 g/mol. The third-order valence-electron chi connectivity index (χ3n) is 2.40. The van der Waals surface area contributed by atoms with Gasteiger partial charge in [-0.15, -0.1) is 5.24 Å². The minimum absolute atomic E-state index is 0.0667. The summed E-state index contributed by atoms with van der Waals surface area (Å²) in [5.41, 5.74) is 0.880. The Morgan fingerprint density at radius 2 is 1.75 bits per heavy atom.